The van der Waals surface area contributed by atoms with E-state index in [2.05, 4.69) is 21.8 Å². The summed E-state index contributed by atoms with van der Waals surface area (Å²) in [7, 11) is 0. The minimum absolute atomic E-state index is 0.183. The lowest BCUT2D eigenvalue weighted by atomic mass is 10.1. The van der Waals surface area contributed by atoms with E-state index in [1.165, 1.54) is 23.3 Å². The maximum absolute atomic E-state index is 12.6. The summed E-state index contributed by atoms with van der Waals surface area (Å²) in [5.41, 5.74) is 2.83. The molecule has 0 bridgehead atoms. The second-order valence-electron chi connectivity index (χ2n) is 7.18. The molecule has 29 heavy (non-hydrogen) atoms. The van der Waals surface area contributed by atoms with Gasteiger partial charge in [0.1, 0.15) is 11.5 Å². The Bertz CT molecular complexity index is 876. The van der Waals surface area contributed by atoms with Crippen molar-refractivity contribution in [2.24, 2.45) is 0 Å². The summed E-state index contributed by atoms with van der Waals surface area (Å²) in [4.78, 5) is 16.6. The van der Waals surface area contributed by atoms with Crippen LogP contribution in [0, 0.1) is 0 Å². The second-order valence-corrected chi connectivity index (χ2v) is 7.18. The molecule has 0 N–H and O–H groups in total. The molecule has 1 amide bonds. The fourth-order valence-corrected chi connectivity index (χ4v) is 3.69. The zero-order valence-electron chi connectivity index (χ0n) is 15.7. The van der Waals surface area contributed by atoms with Crippen LogP contribution in [0.1, 0.15) is 21.5 Å². The molecular formula is C21H21F3N2O3. The smallest absolute Gasteiger partial charge is 0.493 e. The normalized spacial score (nSPS) is 17.0. The molecule has 0 saturated carbocycles. The summed E-state index contributed by atoms with van der Waals surface area (Å²) in [6.45, 7) is 4.20. The van der Waals surface area contributed by atoms with Crippen LogP contribution in [0.5, 0.6) is 11.5 Å². The van der Waals surface area contributed by atoms with E-state index in [0.717, 1.165) is 50.5 Å². The standard InChI is InChI=1S/C21H21F3N2O3/c22-21(23,24)29-18-4-2-16(3-5-18)20(27)26-10-8-25(9-11-26)14-15-1-6-19-17(13-15)7-12-28-19/h1-6,13H,7-12,14H2. The van der Waals surface area contributed by atoms with Crippen LogP contribution in [0.2, 0.25) is 0 Å². The number of hydrogen-bond acceptors (Lipinski definition) is 4. The molecule has 2 aromatic carbocycles. The van der Waals surface area contributed by atoms with Crippen molar-refractivity contribution < 1.29 is 27.4 Å². The second kappa shape index (κ2) is 7.94. The zero-order chi connectivity index (χ0) is 20.4. The molecule has 2 aliphatic rings. The molecule has 0 unspecified atom stereocenters. The first-order chi connectivity index (χ1) is 13.9. The van der Waals surface area contributed by atoms with Gasteiger partial charge in [-0.3, -0.25) is 9.69 Å². The molecule has 0 radical (unpaired) electrons. The third-order valence-electron chi connectivity index (χ3n) is 5.15. The molecular weight excluding hydrogens is 385 g/mol. The van der Waals surface area contributed by atoms with Gasteiger partial charge in [0.25, 0.3) is 5.91 Å². The molecule has 5 nitrogen and oxygen atoms in total. The van der Waals surface area contributed by atoms with Gasteiger partial charge in [0.2, 0.25) is 0 Å². The van der Waals surface area contributed by atoms with Crippen molar-refractivity contribution in [3.8, 4) is 11.5 Å². The van der Waals surface area contributed by atoms with Crippen LogP contribution in [-0.4, -0.2) is 54.9 Å². The summed E-state index contributed by atoms with van der Waals surface area (Å²) < 4.78 is 46.1. The van der Waals surface area contributed by atoms with Crippen LogP contribution in [-0.2, 0) is 13.0 Å². The van der Waals surface area contributed by atoms with E-state index < -0.39 is 6.36 Å². The number of alkyl halides is 3. The van der Waals surface area contributed by atoms with Gasteiger partial charge < -0.3 is 14.4 Å². The molecule has 1 fully saturated rings. The van der Waals surface area contributed by atoms with E-state index in [0.29, 0.717) is 18.7 Å². The summed E-state index contributed by atoms with van der Waals surface area (Å²) in [5, 5.41) is 0. The predicted molar refractivity (Wildman–Crippen MR) is 99.9 cm³/mol. The van der Waals surface area contributed by atoms with Crippen LogP contribution in [0.25, 0.3) is 0 Å². The minimum atomic E-state index is -4.74. The highest BCUT2D eigenvalue weighted by atomic mass is 19.4. The molecule has 2 heterocycles. The lowest BCUT2D eigenvalue weighted by molar-refractivity contribution is -0.274. The van der Waals surface area contributed by atoms with Gasteiger partial charge in [-0.25, -0.2) is 0 Å². The predicted octanol–water partition coefficient (Wildman–Crippen LogP) is 3.48. The van der Waals surface area contributed by atoms with Gasteiger partial charge in [0.05, 0.1) is 6.61 Å². The maximum atomic E-state index is 12.6. The van der Waals surface area contributed by atoms with Gasteiger partial charge in [0, 0.05) is 44.7 Å². The number of benzene rings is 2. The fourth-order valence-electron chi connectivity index (χ4n) is 3.69. The van der Waals surface area contributed by atoms with E-state index in [-0.39, 0.29) is 11.7 Å². The van der Waals surface area contributed by atoms with Crippen LogP contribution >= 0.6 is 0 Å². The number of ether oxygens (including phenoxy) is 2. The molecule has 1 saturated heterocycles. The van der Waals surface area contributed by atoms with Crippen molar-refractivity contribution >= 4 is 5.91 Å². The Morgan fingerprint density at radius 1 is 1.03 bits per heavy atom. The Hall–Kier alpha value is -2.74. The molecule has 2 aromatic rings. The number of carbonyl (C=O) groups excluding carboxylic acids is 1. The van der Waals surface area contributed by atoms with Gasteiger partial charge in [-0.05, 0) is 41.5 Å². The maximum Gasteiger partial charge on any atom is 0.573 e. The number of hydrogen-bond donors (Lipinski definition) is 0. The quantitative estimate of drug-likeness (QED) is 0.780. The molecule has 4 rings (SSSR count). The van der Waals surface area contributed by atoms with Gasteiger partial charge >= 0.3 is 6.36 Å². The van der Waals surface area contributed by atoms with Crippen molar-refractivity contribution in [3.63, 3.8) is 0 Å². The largest absolute Gasteiger partial charge is 0.573 e. The molecule has 0 aromatic heterocycles. The van der Waals surface area contributed by atoms with Gasteiger partial charge in [-0.2, -0.15) is 0 Å². The van der Waals surface area contributed by atoms with Crippen LogP contribution in [0.4, 0.5) is 13.2 Å². The Labute approximate surface area is 166 Å². The number of carbonyl (C=O) groups is 1. The number of nitrogens with zero attached hydrogens (tertiary/aromatic N) is 2. The number of halogens is 3. The van der Waals surface area contributed by atoms with Crippen LogP contribution < -0.4 is 9.47 Å². The van der Waals surface area contributed by atoms with E-state index in [1.807, 2.05) is 6.07 Å². The molecule has 0 spiro atoms. The average Bonchev–Trinajstić information content (AvgIpc) is 3.15. The summed E-state index contributed by atoms with van der Waals surface area (Å²) in [6.07, 6.45) is -3.80. The molecule has 0 aliphatic carbocycles. The molecule has 8 heteroatoms. The Balaban J connectivity index is 1.30. The topological polar surface area (TPSA) is 42.0 Å². The number of piperazine rings is 1. The Morgan fingerprint density at radius 2 is 1.76 bits per heavy atom. The average molecular weight is 406 g/mol. The van der Waals surface area contributed by atoms with Crippen LogP contribution in [0.3, 0.4) is 0 Å². The third-order valence-corrected chi connectivity index (χ3v) is 5.15. The van der Waals surface area contributed by atoms with Gasteiger partial charge in [0.15, 0.2) is 0 Å². The lowest BCUT2D eigenvalue weighted by Gasteiger charge is -2.34. The Kier molecular flexibility index (Phi) is 5.36. The highest BCUT2D eigenvalue weighted by Crippen LogP contribution is 2.27. The van der Waals surface area contributed by atoms with E-state index >= 15 is 0 Å². The zero-order valence-corrected chi connectivity index (χ0v) is 15.7. The fraction of sp³-hybridized carbons (Fsp3) is 0.381. The molecule has 2 aliphatic heterocycles. The van der Waals surface area contributed by atoms with E-state index in [1.54, 1.807) is 4.90 Å². The number of rotatable bonds is 4. The third kappa shape index (κ3) is 4.82. The van der Waals surface area contributed by atoms with Crippen molar-refractivity contribution in [1.82, 2.24) is 9.80 Å². The number of fused-ring (bicyclic) bond motifs is 1. The SMILES string of the molecule is O=C(c1ccc(OC(F)(F)F)cc1)N1CCN(Cc2ccc3c(c2)CCO3)CC1. The first-order valence-corrected chi connectivity index (χ1v) is 9.49. The molecule has 154 valence electrons. The monoisotopic (exact) mass is 406 g/mol. The first-order valence-electron chi connectivity index (χ1n) is 9.49. The van der Waals surface area contributed by atoms with Crippen molar-refractivity contribution in [1.29, 1.82) is 0 Å². The highest BCUT2D eigenvalue weighted by molar-refractivity contribution is 5.94. The number of amides is 1. The van der Waals surface area contributed by atoms with Crippen LogP contribution in [0.15, 0.2) is 42.5 Å². The van der Waals surface area contributed by atoms with Crippen molar-refractivity contribution in [2.75, 3.05) is 32.8 Å². The summed E-state index contributed by atoms with van der Waals surface area (Å²) in [6, 6.07) is 11.3. The van der Waals surface area contributed by atoms with E-state index in [4.69, 9.17) is 4.74 Å². The summed E-state index contributed by atoms with van der Waals surface area (Å²) in [5.74, 6) is 0.451. The van der Waals surface area contributed by atoms with E-state index in [9.17, 15) is 18.0 Å². The summed E-state index contributed by atoms with van der Waals surface area (Å²) >= 11 is 0. The minimum Gasteiger partial charge on any atom is -0.493 e. The Morgan fingerprint density at radius 3 is 2.45 bits per heavy atom. The van der Waals surface area contributed by atoms with Gasteiger partial charge in [-0.15, -0.1) is 13.2 Å². The van der Waals surface area contributed by atoms with Crippen molar-refractivity contribution in [3.05, 3.63) is 59.2 Å². The van der Waals surface area contributed by atoms with Crippen molar-refractivity contribution in [2.45, 2.75) is 19.3 Å². The first kappa shape index (κ1) is 19.6. The highest BCUT2D eigenvalue weighted by Gasteiger charge is 2.31. The molecule has 0 atom stereocenters. The van der Waals surface area contributed by atoms with Gasteiger partial charge in [-0.1, -0.05) is 12.1 Å². The lowest BCUT2D eigenvalue weighted by Crippen LogP contribution is -2.48.